The molecular formula is C11H19N3O4. The highest BCUT2D eigenvalue weighted by Gasteiger charge is 2.32. The Morgan fingerprint density at radius 2 is 2.11 bits per heavy atom. The van der Waals surface area contributed by atoms with Crippen molar-refractivity contribution in [3.8, 4) is 0 Å². The van der Waals surface area contributed by atoms with Gasteiger partial charge >= 0.3 is 12.0 Å². The van der Waals surface area contributed by atoms with Crippen molar-refractivity contribution < 1.29 is 19.5 Å². The van der Waals surface area contributed by atoms with Crippen LogP contribution < -0.4 is 5.73 Å². The van der Waals surface area contributed by atoms with Crippen molar-refractivity contribution in [2.45, 2.75) is 19.8 Å². The summed E-state index contributed by atoms with van der Waals surface area (Å²) in [4.78, 5) is 36.6. The molecule has 0 aromatic carbocycles. The normalized spacial score (nSPS) is 18.7. The van der Waals surface area contributed by atoms with Gasteiger partial charge in [-0.1, -0.05) is 6.92 Å². The molecule has 1 fully saturated rings. The highest BCUT2D eigenvalue weighted by atomic mass is 16.4. The summed E-state index contributed by atoms with van der Waals surface area (Å²) in [7, 11) is 0. The minimum Gasteiger partial charge on any atom is -0.480 e. The number of rotatable bonds is 5. The molecule has 1 atom stereocenters. The molecule has 0 radical (unpaired) electrons. The minimum atomic E-state index is -1.04. The predicted octanol–water partition coefficient (Wildman–Crippen LogP) is -0.290. The first kappa shape index (κ1) is 14.3. The van der Waals surface area contributed by atoms with E-state index in [1.807, 2.05) is 6.92 Å². The van der Waals surface area contributed by atoms with Gasteiger partial charge in [0.05, 0.1) is 5.92 Å². The lowest BCUT2D eigenvalue weighted by Crippen LogP contribution is -2.45. The van der Waals surface area contributed by atoms with Crippen LogP contribution in [0.1, 0.15) is 19.8 Å². The Hall–Kier alpha value is -1.79. The molecule has 0 spiro atoms. The van der Waals surface area contributed by atoms with Gasteiger partial charge in [-0.3, -0.25) is 9.59 Å². The second-order valence-corrected chi connectivity index (χ2v) is 4.43. The van der Waals surface area contributed by atoms with Crippen LogP contribution in [0.5, 0.6) is 0 Å². The number of hydrogen-bond donors (Lipinski definition) is 2. The third kappa shape index (κ3) is 3.61. The standard InChI is InChI=1S/C11H19N3O4/c1-2-4-13(7-9(15)16)11(18)14-5-3-8(6-14)10(12)17/h8H,2-7H2,1H3,(H2,12,17)(H,15,16). The maximum atomic E-state index is 12.1. The summed E-state index contributed by atoms with van der Waals surface area (Å²) in [6, 6.07) is -0.331. The second-order valence-electron chi connectivity index (χ2n) is 4.43. The quantitative estimate of drug-likeness (QED) is 0.706. The van der Waals surface area contributed by atoms with E-state index < -0.39 is 11.9 Å². The molecule has 0 aromatic rings. The van der Waals surface area contributed by atoms with Gasteiger partial charge in [-0.15, -0.1) is 0 Å². The van der Waals surface area contributed by atoms with Crippen LogP contribution >= 0.6 is 0 Å². The fourth-order valence-electron chi connectivity index (χ4n) is 2.04. The van der Waals surface area contributed by atoms with Gasteiger partial charge in [0.25, 0.3) is 0 Å². The number of hydrogen-bond acceptors (Lipinski definition) is 3. The van der Waals surface area contributed by atoms with Crippen LogP contribution in [0.3, 0.4) is 0 Å². The van der Waals surface area contributed by atoms with Crippen LogP contribution in [0.25, 0.3) is 0 Å². The Morgan fingerprint density at radius 3 is 2.56 bits per heavy atom. The SMILES string of the molecule is CCCN(CC(=O)O)C(=O)N1CCC(C(N)=O)C1. The molecule has 0 saturated carbocycles. The fourth-order valence-corrected chi connectivity index (χ4v) is 2.04. The lowest BCUT2D eigenvalue weighted by molar-refractivity contribution is -0.137. The summed E-state index contributed by atoms with van der Waals surface area (Å²) in [6.07, 6.45) is 1.24. The zero-order chi connectivity index (χ0) is 13.7. The molecule has 3 amide bonds. The summed E-state index contributed by atoms with van der Waals surface area (Å²) in [5.74, 6) is -1.77. The third-order valence-corrected chi connectivity index (χ3v) is 2.95. The average Bonchev–Trinajstić information content (AvgIpc) is 2.76. The van der Waals surface area contributed by atoms with E-state index in [1.165, 1.54) is 9.80 Å². The molecule has 18 heavy (non-hydrogen) atoms. The first-order chi connectivity index (χ1) is 8.45. The number of nitrogens with two attached hydrogens (primary N) is 1. The van der Waals surface area contributed by atoms with Crippen LogP contribution in [0.15, 0.2) is 0 Å². The number of carboxylic acid groups (broad SMARTS) is 1. The van der Waals surface area contributed by atoms with E-state index in [2.05, 4.69) is 0 Å². The predicted molar refractivity (Wildman–Crippen MR) is 63.8 cm³/mol. The molecule has 1 saturated heterocycles. The van der Waals surface area contributed by atoms with Gasteiger partial charge < -0.3 is 20.6 Å². The molecule has 1 heterocycles. The maximum Gasteiger partial charge on any atom is 0.323 e. The van der Waals surface area contributed by atoms with Gasteiger partial charge in [0.2, 0.25) is 5.91 Å². The molecule has 7 nitrogen and oxygen atoms in total. The number of carboxylic acids is 1. The zero-order valence-corrected chi connectivity index (χ0v) is 10.5. The van der Waals surface area contributed by atoms with Crippen molar-refractivity contribution in [2.75, 3.05) is 26.2 Å². The first-order valence-electron chi connectivity index (χ1n) is 6.00. The van der Waals surface area contributed by atoms with E-state index in [4.69, 9.17) is 10.8 Å². The number of likely N-dealkylation sites (tertiary alicyclic amines) is 1. The van der Waals surface area contributed by atoms with Crippen molar-refractivity contribution in [1.82, 2.24) is 9.80 Å². The fraction of sp³-hybridized carbons (Fsp3) is 0.727. The summed E-state index contributed by atoms with van der Waals surface area (Å²) >= 11 is 0. The lowest BCUT2D eigenvalue weighted by atomic mass is 10.1. The van der Waals surface area contributed by atoms with Crippen LogP contribution in [0.4, 0.5) is 4.79 Å². The largest absolute Gasteiger partial charge is 0.480 e. The lowest BCUT2D eigenvalue weighted by Gasteiger charge is -2.26. The number of urea groups is 1. The van der Waals surface area contributed by atoms with Crippen molar-refractivity contribution in [3.05, 3.63) is 0 Å². The highest BCUT2D eigenvalue weighted by Crippen LogP contribution is 2.17. The van der Waals surface area contributed by atoms with E-state index in [0.29, 0.717) is 25.9 Å². The van der Waals surface area contributed by atoms with Crippen molar-refractivity contribution in [1.29, 1.82) is 0 Å². The Morgan fingerprint density at radius 1 is 1.44 bits per heavy atom. The molecule has 1 rings (SSSR count). The van der Waals surface area contributed by atoms with E-state index in [-0.39, 0.29) is 25.0 Å². The van der Waals surface area contributed by atoms with E-state index in [0.717, 1.165) is 0 Å². The van der Waals surface area contributed by atoms with Gasteiger partial charge in [-0.2, -0.15) is 0 Å². The maximum absolute atomic E-state index is 12.1. The topological polar surface area (TPSA) is 104 Å². The molecule has 3 N–H and O–H groups in total. The van der Waals surface area contributed by atoms with Crippen LogP contribution in [-0.4, -0.2) is 59.0 Å². The molecular weight excluding hydrogens is 238 g/mol. The van der Waals surface area contributed by atoms with Gasteiger partial charge in [-0.25, -0.2) is 4.79 Å². The molecule has 102 valence electrons. The summed E-state index contributed by atoms with van der Waals surface area (Å²) in [6.45, 7) is 2.69. The van der Waals surface area contributed by atoms with Gasteiger partial charge in [0.15, 0.2) is 0 Å². The number of nitrogens with zero attached hydrogens (tertiary/aromatic N) is 2. The minimum absolute atomic E-state index is 0.286. The molecule has 1 aliphatic heterocycles. The Labute approximate surface area is 106 Å². The van der Waals surface area contributed by atoms with Crippen LogP contribution in [0, 0.1) is 5.92 Å². The van der Waals surface area contributed by atoms with Gasteiger partial charge in [0.1, 0.15) is 6.54 Å². The molecule has 1 aliphatic rings. The summed E-state index contributed by atoms with van der Waals surface area (Å²) < 4.78 is 0. The highest BCUT2D eigenvalue weighted by molar-refractivity contribution is 5.82. The Kier molecular flexibility index (Phi) is 4.94. The second kappa shape index (κ2) is 6.23. The number of carbonyl (C=O) groups is 3. The molecule has 1 unspecified atom stereocenters. The van der Waals surface area contributed by atoms with E-state index in [1.54, 1.807) is 0 Å². The monoisotopic (exact) mass is 257 g/mol. The van der Waals surface area contributed by atoms with Crippen molar-refractivity contribution in [2.24, 2.45) is 11.7 Å². The van der Waals surface area contributed by atoms with Gasteiger partial charge in [-0.05, 0) is 12.8 Å². The van der Waals surface area contributed by atoms with Crippen molar-refractivity contribution in [3.63, 3.8) is 0 Å². The van der Waals surface area contributed by atoms with Crippen molar-refractivity contribution >= 4 is 17.9 Å². The van der Waals surface area contributed by atoms with Crippen LogP contribution in [-0.2, 0) is 9.59 Å². The third-order valence-electron chi connectivity index (χ3n) is 2.95. The Balaban J connectivity index is 2.61. The number of carbonyl (C=O) groups excluding carboxylic acids is 2. The Bertz CT molecular complexity index is 345. The molecule has 0 bridgehead atoms. The first-order valence-corrected chi connectivity index (χ1v) is 6.00. The van der Waals surface area contributed by atoms with Crippen LogP contribution in [0.2, 0.25) is 0 Å². The average molecular weight is 257 g/mol. The smallest absolute Gasteiger partial charge is 0.323 e. The summed E-state index contributed by atoms with van der Waals surface area (Å²) in [5, 5.41) is 8.76. The number of aliphatic carboxylic acids is 1. The number of amides is 3. The van der Waals surface area contributed by atoms with E-state index >= 15 is 0 Å². The number of primary amides is 1. The van der Waals surface area contributed by atoms with Gasteiger partial charge in [0, 0.05) is 19.6 Å². The molecule has 0 aliphatic carbocycles. The molecule has 7 heteroatoms. The zero-order valence-electron chi connectivity index (χ0n) is 10.5. The summed E-state index contributed by atoms with van der Waals surface area (Å²) in [5.41, 5.74) is 5.19. The van der Waals surface area contributed by atoms with E-state index in [9.17, 15) is 14.4 Å². The molecule has 0 aromatic heterocycles.